The summed E-state index contributed by atoms with van der Waals surface area (Å²) < 4.78 is 0. The Labute approximate surface area is 210 Å². The van der Waals surface area contributed by atoms with E-state index in [1.165, 1.54) is 72.2 Å². The number of hydrogen-bond acceptors (Lipinski definition) is 3. The highest BCUT2D eigenvalue weighted by atomic mass is 16.2. The van der Waals surface area contributed by atoms with Crippen LogP contribution in [0.15, 0.2) is 78.9 Å². The second-order valence-corrected chi connectivity index (χ2v) is 10.0. The van der Waals surface area contributed by atoms with E-state index in [2.05, 4.69) is 89.1 Å². The number of rotatable bonds is 9. The molecule has 2 N–H and O–H groups in total. The van der Waals surface area contributed by atoms with Crippen LogP contribution in [0.3, 0.4) is 0 Å². The third-order valence-corrected chi connectivity index (χ3v) is 7.73. The van der Waals surface area contributed by atoms with Crippen molar-refractivity contribution in [2.45, 2.75) is 50.5 Å². The fourth-order valence-electron chi connectivity index (χ4n) is 5.59. The lowest BCUT2D eigenvalue weighted by Crippen LogP contribution is -2.34. The molecule has 0 spiro atoms. The SMILES string of the molecule is CNc1ccc(/C(=C(\CCCO)c2ccccc2)c2ccc(C3CCN(C4CC4)CC3)cc2)cc1. The minimum Gasteiger partial charge on any atom is -0.396 e. The quantitative estimate of drug-likeness (QED) is 0.340. The molecule has 182 valence electrons. The molecular formula is C32H38N2O. The largest absolute Gasteiger partial charge is 0.396 e. The summed E-state index contributed by atoms with van der Waals surface area (Å²) in [6, 6.07) is 29.6. The molecule has 1 saturated heterocycles. The Hall–Kier alpha value is -2.88. The lowest BCUT2D eigenvalue weighted by molar-refractivity contribution is 0.203. The second-order valence-electron chi connectivity index (χ2n) is 10.0. The molecule has 3 nitrogen and oxygen atoms in total. The molecule has 3 aromatic carbocycles. The molecule has 1 aliphatic heterocycles. The summed E-state index contributed by atoms with van der Waals surface area (Å²) in [4.78, 5) is 2.70. The molecule has 3 heteroatoms. The van der Waals surface area contributed by atoms with Crippen LogP contribution in [0.5, 0.6) is 0 Å². The van der Waals surface area contributed by atoms with Gasteiger partial charge in [0.2, 0.25) is 0 Å². The average molecular weight is 467 g/mol. The number of likely N-dealkylation sites (tertiary alicyclic amines) is 1. The minimum atomic E-state index is 0.195. The van der Waals surface area contributed by atoms with Crippen LogP contribution in [0.25, 0.3) is 11.1 Å². The van der Waals surface area contributed by atoms with Gasteiger partial charge in [0.25, 0.3) is 0 Å². The number of anilines is 1. The van der Waals surface area contributed by atoms with Gasteiger partial charge in [0.05, 0.1) is 0 Å². The minimum absolute atomic E-state index is 0.195. The van der Waals surface area contributed by atoms with Gasteiger partial charge in [0.1, 0.15) is 0 Å². The number of hydrogen-bond donors (Lipinski definition) is 2. The van der Waals surface area contributed by atoms with Crippen LogP contribution in [0.2, 0.25) is 0 Å². The van der Waals surface area contributed by atoms with Crippen LogP contribution >= 0.6 is 0 Å². The number of piperidine rings is 1. The number of aliphatic hydroxyl groups is 1. The maximum atomic E-state index is 9.66. The molecule has 2 fully saturated rings. The Bertz CT molecular complexity index is 1110. The molecular weight excluding hydrogens is 428 g/mol. The second kappa shape index (κ2) is 11.2. The van der Waals surface area contributed by atoms with E-state index in [1.54, 1.807) is 0 Å². The Morgan fingerprint density at radius 3 is 2.00 bits per heavy atom. The number of nitrogens with one attached hydrogen (secondary N) is 1. The van der Waals surface area contributed by atoms with Gasteiger partial charge in [-0.25, -0.2) is 0 Å². The zero-order chi connectivity index (χ0) is 24.0. The zero-order valence-corrected chi connectivity index (χ0v) is 20.9. The van der Waals surface area contributed by atoms with Crippen molar-refractivity contribution < 1.29 is 5.11 Å². The molecule has 0 radical (unpaired) electrons. The van der Waals surface area contributed by atoms with Crippen molar-refractivity contribution in [3.05, 3.63) is 101 Å². The summed E-state index contributed by atoms with van der Waals surface area (Å²) in [6.45, 7) is 2.69. The summed E-state index contributed by atoms with van der Waals surface area (Å²) in [5.74, 6) is 0.671. The van der Waals surface area contributed by atoms with Gasteiger partial charge < -0.3 is 15.3 Å². The third-order valence-electron chi connectivity index (χ3n) is 7.73. The van der Waals surface area contributed by atoms with Gasteiger partial charge in [0, 0.05) is 25.4 Å². The summed E-state index contributed by atoms with van der Waals surface area (Å²) in [7, 11) is 1.95. The zero-order valence-electron chi connectivity index (χ0n) is 20.9. The van der Waals surface area contributed by atoms with Crippen LogP contribution in [-0.4, -0.2) is 42.8 Å². The number of aliphatic hydroxyl groups excluding tert-OH is 1. The van der Waals surface area contributed by atoms with E-state index in [-0.39, 0.29) is 6.61 Å². The molecule has 0 amide bonds. The molecule has 0 bridgehead atoms. The van der Waals surface area contributed by atoms with E-state index in [9.17, 15) is 5.11 Å². The number of nitrogens with zero attached hydrogens (tertiary/aromatic N) is 1. The van der Waals surface area contributed by atoms with Crippen LogP contribution in [-0.2, 0) is 0 Å². The first-order valence-corrected chi connectivity index (χ1v) is 13.3. The summed E-state index contributed by atoms with van der Waals surface area (Å²) in [5, 5.41) is 12.9. The summed E-state index contributed by atoms with van der Waals surface area (Å²) >= 11 is 0. The normalized spacial score (nSPS) is 17.8. The van der Waals surface area contributed by atoms with Gasteiger partial charge in [0.15, 0.2) is 0 Å². The summed E-state index contributed by atoms with van der Waals surface area (Å²) in [5.41, 5.74) is 8.84. The Kier molecular flexibility index (Phi) is 7.66. The summed E-state index contributed by atoms with van der Waals surface area (Å²) in [6.07, 6.45) is 6.95. The van der Waals surface area contributed by atoms with Crippen molar-refractivity contribution in [2.24, 2.45) is 0 Å². The van der Waals surface area contributed by atoms with E-state index >= 15 is 0 Å². The Morgan fingerprint density at radius 1 is 0.800 bits per heavy atom. The standard InChI is InChI=1S/C32H38N2O/c1-33-29-15-13-28(14-16-29)32(31(8-5-23-35)26-6-3-2-4-7-26)27-11-9-24(10-12-27)25-19-21-34(22-20-25)30-17-18-30/h2-4,6-7,9-16,25,30,33,35H,5,8,17-23H2,1H3/b32-31+. The molecule has 3 aromatic rings. The van der Waals surface area contributed by atoms with Crippen molar-refractivity contribution in [3.8, 4) is 0 Å². The molecule has 1 heterocycles. The molecule has 0 atom stereocenters. The first kappa shape index (κ1) is 23.8. The molecule has 35 heavy (non-hydrogen) atoms. The predicted molar refractivity (Wildman–Crippen MR) is 148 cm³/mol. The van der Waals surface area contributed by atoms with Crippen LogP contribution in [0.4, 0.5) is 5.69 Å². The predicted octanol–water partition coefficient (Wildman–Crippen LogP) is 6.80. The van der Waals surface area contributed by atoms with Gasteiger partial charge in [-0.1, -0.05) is 66.7 Å². The van der Waals surface area contributed by atoms with Crippen molar-refractivity contribution >= 4 is 16.8 Å². The highest BCUT2D eigenvalue weighted by molar-refractivity contribution is 5.98. The van der Waals surface area contributed by atoms with Crippen LogP contribution in [0.1, 0.15) is 66.7 Å². The van der Waals surface area contributed by atoms with Crippen molar-refractivity contribution in [3.63, 3.8) is 0 Å². The first-order valence-electron chi connectivity index (χ1n) is 13.3. The molecule has 1 aliphatic carbocycles. The van der Waals surface area contributed by atoms with Gasteiger partial charge in [-0.15, -0.1) is 0 Å². The van der Waals surface area contributed by atoms with Gasteiger partial charge >= 0.3 is 0 Å². The number of benzene rings is 3. The van der Waals surface area contributed by atoms with Crippen molar-refractivity contribution in [2.75, 3.05) is 32.1 Å². The van der Waals surface area contributed by atoms with Crippen LogP contribution < -0.4 is 5.32 Å². The fraction of sp³-hybridized carbons (Fsp3) is 0.375. The fourth-order valence-corrected chi connectivity index (χ4v) is 5.59. The van der Waals surface area contributed by atoms with Crippen molar-refractivity contribution in [1.29, 1.82) is 0 Å². The van der Waals surface area contributed by atoms with Gasteiger partial charge in [-0.2, -0.15) is 0 Å². The lowest BCUT2D eigenvalue weighted by atomic mass is 9.85. The smallest absolute Gasteiger partial charge is 0.0434 e. The van der Waals surface area contributed by atoms with Crippen LogP contribution in [0, 0.1) is 0 Å². The molecule has 0 unspecified atom stereocenters. The Morgan fingerprint density at radius 2 is 1.43 bits per heavy atom. The van der Waals surface area contributed by atoms with E-state index in [0.29, 0.717) is 5.92 Å². The molecule has 1 saturated carbocycles. The molecule has 0 aromatic heterocycles. The monoisotopic (exact) mass is 466 g/mol. The van der Waals surface area contributed by atoms with Gasteiger partial charge in [-0.05, 0) is 103 Å². The van der Waals surface area contributed by atoms with E-state index in [0.717, 1.165) is 24.6 Å². The highest BCUT2D eigenvalue weighted by Gasteiger charge is 2.32. The van der Waals surface area contributed by atoms with Crippen molar-refractivity contribution in [1.82, 2.24) is 4.90 Å². The topological polar surface area (TPSA) is 35.5 Å². The maximum absolute atomic E-state index is 9.66. The van der Waals surface area contributed by atoms with Gasteiger partial charge in [-0.3, -0.25) is 0 Å². The lowest BCUT2D eigenvalue weighted by Gasteiger charge is -2.32. The first-order chi connectivity index (χ1) is 17.3. The highest BCUT2D eigenvalue weighted by Crippen LogP contribution is 2.38. The average Bonchev–Trinajstić information content (AvgIpc) is 3.78. The van der Waals surface area contributed by atoms with E-state index < -0.39 is 0 Å². The molecule has 5 rings (SSSR count). The third kappa shape index (κ3) is 5.69. The Balaban J connectivity index is 1.50. The van der Waals surface area contributed by atoms with E-state index in [4.69, 9.17) is 0 Å². The molecule has 2 aliphatic rings. The maximum Gasteiger partial charge on any atom is 0.0434 e. The number of allylic oxidation sites excluding steroid dienone is 1. The van der Waals surface area contributed by atoms with E-state index in [1.807, 2.05) is 7.05 Å².